The molecule has 6 nitrogen and oxygen atoms in total. The van der Waals surface area contributed by atoms with Crippen LogP contribution in [0.4, 0.5) is 0 Å². The second-order valence-electron chi connectivity index (χ2n) is 6.05. The van der Waals surface area contributed by atoms with E-state index in [1.54, 1.807) is 24.3 Å². The van der Waals surface area contributed by atoms with Gasteiger partial charge >= 0.3 is 0 Å². The number of para-hydroxylation sites is 2. The van der Waals surface area contributed by atoms with Crippen LogP contribution in [0.3, 0.4) is 0 Å². The van der Waals surface area contributed by atoms with Crippen molar-refractivity contribution in [3.63, 3.8) is 0 Å². The number of amides is 2. The lowest BCUT2D eigenvalue weighted by molar-refractivity contribution is -0.120. The van der Waals surface area contributed by atoms with Crippen LogP contribution in [-0.2, 0) is 11.3 Å². The third kappa shape index (κ3) is 4.27. The van der Waals surface area contributed by atoms with E-state index < -0.39 is 0 Å². The number of nitrogens with one attached hydrogen (secondary N) is 2. The number of rotatable bonds is 7. The highest BCUT2D eigenvalue weighted by Crippen LogP contribution is 2.15. The smallest absolute Gasteiger partial charge is 0.251 e. The molecule has 6 heteroatoms. The first kappa shape index (κ1) is 17.7. The Labute approximate surface area is 152 Å². The molecule has 0 saturated carbocycles. The number of hydrogen-bond acceptors (Lipinski definition) is 3. The van der Waals surface area contributed by atoms with Gasteiger partial charge < -0.3 is 15.2 Å². The fraction of sp³-hybridized carbons (Fsp3) is 0.250. The fourth-order valence-electron chi connectivity index (χ4n) is 2.86. The first-order chi connectivity index (χ1) is 12.6. The third-order valence-corrected chi connectivity index (χ3v) is 4.17. The zero-order chi connectivity index (χ0) is 18.4. The summed E-state index contributed by atoms with van der Waals surface area (Å²) in [4.78, 5) is 28.3. The lowest BCUT2D eigenvalue weighted by Crippen LogP contribution is -2.37. The number of carbonyl (C=O) groups excluding carboxylic acids is 2. The molecule has 2 N–H and O–H groups in total. The third-order valence-electron chi connectivity index (χ3n) is 4.17. The van der Waals surface area contributed by atoms with E-state index in [0.717, 1.165) is 29.8 Å². The van der Waals surface area contributed by atoms with Crippen molar-refractivity contribution in [1.82, 2.24) is 20.2 Å². The fourth-order valence-corrected chi connectivity index (χ4v) is 2.86. The number of carbonyl (C=O) groups is 2. The molecule has 26 heavy (non-hydrogen) atoms. The molecule has 0 aliphatic rings. The summed E-state index contributed by atoms with van der Waals surface area (Å²) in [6.45, 7) is 3.29. The average Bonchev–Trinajstić information content (AvgIpc) is 2.99. The molecule has 0 unspecified atom stereocenters. The lowest BCUT2D eigenvalue weighted by atomic mass is 10.2. The topological polar surface area (TPSA) is 76.0 Å². The van der Waals surface area contributed by atoms with Crippen LogP contribution in [-0.4, -0.2) is 34.5 Å². The molecular formula is C20H22N4O2. The zero-order valence-corrected chi connectivity index (χ0v) is 14.7. The highest BCUT2D eigenvalue weighted by molar-refractivity contribution is 5.96. The Morgan fingerprint density at radius 2 is 1.73 bits per heavy atom. The van der Waals surface area contributed by atoms with E-state index in [2.05, 4.69) is 20.2 Å². The van der Waals surface area contributed by atoms with Crippen LogP contribution < -0.4 is 10.6 Å². The van der Waals surface area contributed by atoms with Crippen LogP contribution in [0.25, 0.3) is 11.0 Å². The number of aryl methyl sites for hydroxylation is 2. The molecule has 0 fully saturated rings. The summed E-state index contributed by atoms with van der Waals surface area (Å²) in [5, 5.41) is 5.45. The maximum absolute atomic E-state index is 11.9. The molecule has 0 radical (unpaired) electrons. The highest BCUT2D eigenvalue weighted by atomic mass is 16.2. The minimum Gasteiger partial charge on any atom is -0.355 e. The number of aromatic nitrogens is 2. The summed E-state index contributed by atoms with van der Waals surface area (Å²) >= 11 is 0. The van der Waals surface area contributed by atoms with Crippen molar-refractivity contribution in [2.24, 2.45) is 0 Å². The Kier molecular flexibility index (Phi) is 5.63. The molecule has 0 atom stereocenters. The van der Waals surface area contributed by atoms with Crippen LogP contribution in [0, 0.1) is 6.92 Å². The average molecular weight is 350 g/mol. The summed E-state index contributed by atoms with van der Waals surface area (Å²) in [5.41, 5.74) is 2.63. The van der Waals surface area contributed by atoms with E-state index in [-0.39, 0.29) is 18.4 Å². The van der Waals surface area contributed by atoms with Gasteiger partial charge in [0.1, 0.15) is 5.82 Å². The van der Waals surface area contributed by atoms with Gasteiger partial charge in [-0.3, -0.25) is 9.59 Å². The molecule has 0 spiro atoms. The van der Waals surface area contributed by atoms with E-state index in [1.165, 1.54) is 0 Å². The second-order valence-corrected chi connectivity index (χ2v) is 6.05. The number of nitrogens with zero attached hydrogens (tertiary/aromatic N) is 2. The molecule has 0 aliphatic heterocycles. The predicted octanol–water partition coefficient (Wildman–Crippen LogP) is 2.28. The molecular weight excluding hydrogens is 328 g/mol. The van der Waals surface area contributed by atoms with Crippen molar-refractivity contribution >= 4 is 22.8 Å². The largest absolute Gasteiger partial charge is 0.355 e. The first-order valence-corrected chi connectivity index (χ1v) is 8.67. The summed E-state index contributed by atoms with van der Waals surface area (Å²) < 4.78 is 2.15. The van der Waals surface area contributed by atoms with Crippen molar-refractivity contribution < 1.29 is 9.59 Å². The molecule has 0 saturated heterocycles. The van der Waals surface area contributed by atoms with Crippen LogP contribution in [0.15, 0.2) is 54.6 Å². The van der Waals surface area contributed by atoms with E-state index in [9.17, 15) is 9.59 Å². The number of hydrogen-bond donors (Lipinski definition) is 2. The summed E-state index contributed by atoms with van der Waals surface area (Å²) in [6, 6.07) is 16.9. The van der Waals surface area contributed by atoms with Crippen molar-refractivity contribution in [3.05, 3.63) is 66.0 Å². The van der Waals surface area contributed by atoms with Crippen molar-refractivity contribution in [2.45, 2.75) is 19.9 Å². The van der Waals surface area contributed by atoms with E-state index >= 15 is 0 Å². The highest BCUT2D eigenvalue weighted by Gasteiger charge is 2.08. The molecule has 0 bridgehead atoms. The van der Waals surface area contributed by atoms with Crippen molar-refractivity contribution in [3.8, 4) is 0 Å². The molecule has 134 valence electrons. The van der Waals surface area contributed by atoms with Crippen molar-refractivity contribution in [1.29, 1.82) is 0 Å². The minimum atomic E-state index is -0.249. The zero-order valence-electron chi connectivity index (χ0n) is 14.7. The molecule has 2 amide bonds. The van der Waals surface area contributed by atoms with Crippen LogP contribution in [0.5, 0.6) is 0 Å². The standard InChI is InChI=1S/C20H22N4O2/c1-15-23-17-10-5-6-11-18(17)24(15)13-7-12-21-19(25)14-22-20(26)16-8-3-2-4-9-16/h2-6,8-11H,7,12-14H2,1H3,(H,21,25)(H,22,26). The normalized spacial score (nSPS) is 10.7. The Bertz CT molecular complexity index is 903. The van der Waals surface area contributed by atoms with Gasteiger partial charge in [0.15, 0.2) is 0 Å². The lowest BCUT2D eigenvalue weighted by Gasteiger charge is -2.09. The number of imidazole rings is 1. The molecule has 0 aliphatic carbocycles. The van der Waals surface area contributed by atoms with Gasteiger partial charge in [-0.25, -0.2) is 4.98 Å². The Morgan fingerprint density at radius 1 is 1.00 bits per heavy atom. The van der Waals surface area contributed by atoms with Gasteiger partial charge in [-0.2, -0.15) is 0 Å². The Hall–Kier alpha value is -3.15. The summed E-state index contributed by atoms with van der Waals surface area (Å²) in [5.74, 6) is 0.524. The quantitative estimate of drug-likeness (QED) is 0.642. The van der Waals surface area contributed by atoms with Gasteiger partial charge in [-0.15, -0.1) is 0 Å². The molecule has 1 heterocycles. The molecule has 3 aromatic rings. The van der Waals surface area contributed by atoms with Crippen molar-refractivity contribution in [2.75, 3.05) is 13.1 Å². The first-order valence-electron chi connectivity index (χ1n) is 8.67. The van der Waals surface area contributed by atoms with Gasteiger partial charge in [0.2, 0.25) is 5.91 Å². The maximum atomic E-state index is 11.9. The predicted molar refractivity (Wildman–Crippen MR) is 101 cm³/mol. The number of fused-ring (bicyclic) bond motifs is 1. The monoisotopic (exact) mass is 350 g/mol. The van der Waals surface area contributed by atoms with Gasteiger partial charge in [0.05, 0.1) is 17.6 Å². The molecule has 3 rings (SSSR count). The summed E-state index contributed by atoms with van der Waals surface area (Å²) in [7, 11) is 0. The van der Waals surface area contributed by atoms with Gasteiger partial charge in [-0.1, -0.05) is 30.3 Å². The van der Waals surface area contributed by atoms with Gasteiger partial charge in [0.25, 0.3) is 5.91 Å². The van der Waals surface area contributed by atoms with E-state index in [4.69, 9.17) is 0 Å². The van der Waals surface area contributed by atoms with Gasteiger partial charge in [-0.05, 0) is 37.6 Å². The van der Waals surface area contributed by atoms with Crippen LogP contribution in [0.2, 0.25) is 0 Å². The van der Waals surface area contributed by atoms with Crippen LogP contribution >= 0.6 is 0 Å². The second kappa shape index (κ2) is 8.29. The molecule has 2 aromatic carbocycles. The van der Waals surface area contributed by atoms with E-state index in [0.29, 0.717) is 12.1 Å². The van der Waals surface area contributed by atoms with Crippen LogP contribution in [0.1, 0.15) is 22.6 Å². The Morgan fingerprint density at radius 3 is 2.54 bits per heavy atom. The Balaban J connectivity index is 1.41. The number of benzene rings is 2. The van der Waals surface area contributed by atoms with E-state index in [1.807, 2.05) is 37.3 Å². The minimum absolute atomic E-state index is 0.0270. The SMILES string of the molecule is Cc1nc2ccccc2n1CCCNC(=O)CNC(=O)c1ccccc1. The van der Waals surface area contributed by atoms with Gasteiger partial charge in [0, 0.05) is 18.7 Å². The molecule has 1 aromatic heterocycles. The summed E-state index contributed by atoms with van der Waals surface area (Å²) in [6.07, 6.45) is 0.791. The maximum Gasteiger partial charge on any atom is 0.251 e.